The van der Waals surface area contributed by atoms with E-state index in [0.29, 0.717) is 19.3 Å². The van der Waals surface area contributed by atoms with Gasteiger partial charge in [-0.15, -0.1) is 0 Å². The van der Waals surface area contributed by atoms with Crippen LogP contribution in [0.3, 0.4) is 0 Å². The standard InChI is InChI=1S/C65H92N12O17/c1-18-25-91-40-26-37(56(81)70-47-35(12)92-64(89)51(31(6)7)74(16)41(78)27-72(14)60(85)38-21-19-23-76(38)62(87)45(29(2)3)68-58(47)83)49-54(33(40)10)94-55-34(11)53(80)44(66)43(50(55)67-49)57(82)71-48-36(13)93-65(90)52(32(8)9)75(17)42(79)28-73(15)61(86)39-22-20-24-77(39)63(88)46(30(4)5)69-59(48)84/h26,29-32,35-36,38-39,45-48,51-52H,18-25,27-28,66H2,1-17H3,(H,68,83)(H,69,84)(H,70,81)(H,71,82)/t35-,36+,38-,39+,45-,46+,47+,48-,51+,52-/m1/s1. The summed E-state index contributed by atoms with van der Waals surface area (Å²) in [6, 6.07) is -9.58. The average Bonchev–Trinajstić information content (AvgIpc) is 0.861. The fourth-order valence-corrected chi connectivity index (χ4v) is 12.7. The third-order valence-corrected chi connectivity index (χ3v) is 18.1. The number of fused-ring (bicyclic) bond motifs is 4. The van der Waals surface area contributed by atoms with E-state index in [0.717, 1.165) is 9.80 Å². The van der Waals surface area contributed by atoms with E-state index in [4.69, 9.17) is 29.3 Å². The molecular formula is C65H92N12O17. The molecule has 0 radical (unpaired) electrons. The van der Waals surface area contributed by atoms with E-state index < -0.39 is 191 Å². The lowest BCUT2D eigenvalue weighted by Crippen LogP contribution is -2.61. The van der Waals surface area contributed by atoms with E-state index in [1.165, 1.54) is 74.6 Å². The molecule has 29 heteroatoms. The summed E-state index contributed by atoms with van der Waals surface area (Å²) in [7, 11) is 5.58. The van der Waals surface area contributed by atoms with E-state index in [9.17, 15) is 47.9 Å². The first-order chi connectivity index (χ1) is 44.1. The third kappa shape index (κ3) is 14.7. The van der Waals surface area contributed by atoms with E-state index in [1.54, 1.807) is 62.3 Å². The van der Waals surface area contributed by atoms with Crippen molar-refractivity contribution in [3.05, 3.63) is 38.5 Å². The Bertz CT molecular complexity index is 3530. The van der Waals surface area contributed by atoms with Crippen LogP contribution in [0.25, 0.3) is 22.6 Å². The maximum Gasteiger partial charge on any atom is 0.329 e. The highest BCUT2D eigenvalue weighted by atomic mass is 16.6. The fraction of sp³-hybridized carbons (Fsp3) is 0.631. The Morgan fingerprint density at radius 3 is 1.50 bits per heavy atom. The van der Waals surface area contributed by atoms with Crippen molar-refractivity contribution in [3.8, 4) is 17.2 Å². The largest absolute Gasteiger partial charge is 0.493 e. The first-order valence-electron chi connectivity index (χ1n) is 32.1. The smallest absolute Gasteiger partial charge is 0.329 e. The number of cyclic esters (lactones) is 2. The zero-order chi connectivity index (χ0) is 70.0. The molecule has 514 valence electrons. The maximum atomic E-state index is 15.4. The Morgan fingerprint density at radius 2 is 1.09 bits per heavy atom. The van der Waals surface area contributed by atoms with E-state index in [2.05, 4.69) is 21.3 Å². The Kier molecular flexibility index (Phi) is 22.8. The summed E-state index contributed by atoms with van der Waals surface area (Å²) in [4.78, 5) is 201. The summed E-state index contributed by atoms with van der Waals surface area (Å²) in [6.07, 6.45) is -1.25. The number of hydrogen-bond acceptors (Lipinski definition) is 19. The van der Waals surface area contributed by atoms with Crippen molar-refractivity contribution in [3.63, 3.8) is 0 Å². The normalized spacial score (nSPS) is 25.6. The Labute approximate surface area is 546 Å². The van der Waals surface area contributed by atoms with Gasteiger partial charge < -0.3 is 75.0 Å². The molecule has 0 saturated carbocycles. The molecule has 29 nitrogen and oxygen atoms in total. The molecule has 1 aromatic carbocycles. The third-order valence-electron chi connectivity index (χ3n) is 18.1. The van der Waals surface area contributed by atoms with Crippen molar-refractivity contribution < 1.29 is 76.2 Å². The van der Waals surface area contributed by atoms with Crippen LogP contribution in [-0.2, 0) is 57.4 Å². The Morgan fingerprint density at radius 1 is 0.649 bits per heavy atom. The molecule has 10 amide bonds. The minimum Gasteiger partial charge on any atom is -0.493 e. The van der Waals surface area contributed by atoms with Gasteiger partial charge in [-0.1, -0.05) is 62.3 Å². The second-order valence-electron chi connectivity index (χ2n) is 26.5. The number of hydrogen-bond donors (Lipinski definition) is 5. The molecule has 0 spiro atoms. The lowest BCUT2D eigenvalue weighted by atomic mass is 9.98. The number of ether oxygens (including phenoxy) is 3. The predicted molar refractivity (Wildman–Crippen MR) is 341 cm³/mol. The van der Waals surface area contributed by atoms with Crippen LogP contribution in [0.4, 0.5) is 5.69 Å². The van der Waals surface area contributed by atoms with Crippen molar-refractivity contribution in [2.75, 3.05) is 66.7 Å². The highest BCUT2D eigenvalue weighted by Crippen LogP contribution is 2.38. The Balaban J connectivity index is 1.37. The number of esters is 2. The van der Waals surface area contributed by atoms with Gasteiger partial charge in [0.05, 0.1) is 36.5 Å². The molecular weight excluding hydrogens is 1220 g/mol. The SMILES string of the molecule is CCCOc1cc(C(=O)N[C@@H]2C(=O)N[C@H](C(C)C)C(=O)N3CCC[C@@H]3C(=O)N(C)CC(=O)N(C)[C@@H](C(C)C)C(=O)O[C@@H]2C)c2nc3c(C(=O)N[C@H]4C(=O)N[C@@H](C(C)C)C(=O)N5CCC[C@H]5C(=O)N(C)CC(=O)N(C)[C@H](C(C)C)C(=O)O[C@H]4C)c(N)c(=O)c(C)c-3oc2c1C. The second-order valence-corrected chi connectivity index (χ2v) is 26.5. The summed E-state index contributed by atoms with van der Waals surface area (Å²) in [5, 5.41) is 10.7. The van der Waals surface area contributed by atoms with Crippen molar-refractivity contribution in [2.45, 2.75) is 183 Å². The zero-order valence-corrected chi connectivity index (χ0v) is 56.9. The number of amides is 10. The van der Waals surface area contributed by atoms with Gasteiger partial charge in [0.2, 0.25) is 52.7 Å². The van der Waals surface area contributed by atoms with Crippen molar-refractivity contribution in [2.24, 2.45) is 23.7 Å². The number of carbonyl (C=O) groups excluding carboxylic acids is 12. The molecule has 10 atom stereocenters. The highest BCUT2D eigenvalue weighted by Gasteiger charge is 2.47. The highest BCUT2D eigenvalue weighted by molar-refractivity contribution is 6.11. The fourth-order valence-electron chi connectivity index (χ4n) is 12.7. The van der Waals surface area contributed by atoms with Gasteiger partial charge in [-0.25, -0.2) is 14.6 Å². The molecule has 4 fully saturated rings. The molecule has 0 aromatic heterocycles. The number of benzene rings is 2. The number of anilines is 1. The molecule has 0 bridgehead atoms. The molecule has 1 aliphatic carbocycles. The number of nitrogens with one attached hydrogen (secondary N) is 4. The van der Waals surface area contributed by atoms with Gasteiger partial charge in [-0.05, 0) is 89.5 Å². The van der Waals surface area contributed by atoms with Crippen LogP contribution in [0.1, 0.15) is 140 Å². The number of aryl methyl sites for hydroxylation is 1. The van der Waals surface area contributed by atoms with Crippen molar-refractivity contribution in [1.29, 1.82) is 0 Å². The quantitative estimate of drug-likeness (QED) is 0.103. The van der Waals surface area contributed by atoms with Gasteiger partial charge in [0.25, 0.3) is 11.8 Å². The van der Waals surface area contributed by atoms with Gasteiger partial charge in [0.15, 0.2) is 11.3 Å². The monoisotopic (exact) mass is 1310 g/mol. The summed E-state index contributed by atoms with van der Waals surface area (Å²) in [6.45, 7) is 20.2. The molecule has 5 heterocycles. The summed E-state index contributed by atoms with van der Waals surface area (Å²) < 4.78 is 24.7. The second kappa shape index (κ2) is 29.6. The summed E-state index contributed by atoms with van der Waals surface area (Å²) in [5.74, 6) is -12.5. The number of nitrogen functional groups attached to an aromatic ring is 1. The average molecular weight is 1310 g/mol. The number of rotatable bonds is 11. The Hall–Kier alpha value is -8.92. The topological polar surface area (TPSA) is 369 Å². The van der Waals surface area contributed by atoms with Gasteiger partial charge in [-0.2, -0.15) is 0 Å². The van der Waals surface area contributed by atoms with Crippen LogP contribution < -0.4 is 37.2 Å². The lowest BCUT2D eigenvalue weighted by Gasteiger charge is -2.36. The van der Waals surface area contributed by atoms with Crippen molar-refractivity contribution in [1.82, 2.24) is 55.7 Å². The van der Waals surface area contributed by atoms with Crippen LogP contribution in [-0.4, -0.2) is 227 Å². The molecule has 0 unspecified atom stereocenters. The molecule has 1 aromatic rings. The first-order valence-corrected chi connectivity index (χ1v) is 32.1. The number of aromatic nitrogens is 1. The minimum atomic E-state index is -1.90. The molecule has 4 saturated heterocycles. The minimum absolute atomic E-state index is 0.0835. The lowest BCUT2D eigenvalue weighted by molar-refractivity contribution is -0.163. The van der Waals surface area contributed by atoms with Crippen molar-refractivity contribution >= 4 is 87.8 Å². The molecule has 6 aliphatic rings. The van der Waals surface area contributed by atoms with Gasteiger partial charge in [0, 0.05) is 52.4 Å². The van der Waals surface area contributed by atoms with Gasteiger partial charge in [0.1, 0.15) is 77.5 Å². The number of nitrogens with zero attached hydrogens (tertiary/aromatic N) is 7. The van der Waals surface area contributed by atoms with Crippen LogP contribution in [0.15, 0.2) is 15.3 Å². The van der Waals surface area contributed by atoms with Crippen LogP contribution in [0, 0.1) is 37.5 Å². The van der Waals surface area contributed by atoms with E-state index >= 15 is 14.4 Å². The molecule has 6 N–H and O–H groups in total. The first kappa shape index (κ1) is 72.5. The predicted octanol–water partition coefficient (Wildman–Crippen LogP) is 1.51. The summed E-state index contributed by atoms with van der Waals surface area (Å²) >= 11 is 0. The molecule has 94 heavy (non-hydrogen) atoms. The van der Waals surface area contributed by atoms with E-state index in [1.807, 2.05) is 6.92 Å². The zero-order valence-electron chi connectivity index (χ0n) is 56.9. The van der Waals surface area contributed by atoms with Crippen LogP contribution >= 0.6 is 0 Å². The van der Waals surface area contributed by atoms with Gasteiger partial charge in [-0.3, -0.25) is 52.7 Å². The summed E-state index contributed by atoms with van der Waals surface area (Å²) in [5.41, 5.74) is 3.21. The maximum absolute atomic E-state index is 15.4. The molecule has 5 aliphatic heterocycles. The van der Waals surface area contributed by atoms with Crippen LogP contribution in [0.5, 0.6) is 5.75 Å². The number of nitrogens with two attached hydrogens (primary N) is 1. The molecule has 7 rings (SSSR count). The van der Waals surface area contributed by atoms with Crippen LogP contribution in [0.2, 0.25) is 0 Å². The number of carbonyl (C=O) groups is 12. The van der Waals surface area contributed by atoms with E-state index in [-0.39, 0.29) is 71.8 Å². The van der Waals surface area contributed by atoms with Gasteiger partial charge >= 0.3 is 11.9 Å². The number of likely N-dealkylation sites (N-methyl/N-ethyl adjacent to an activating group) is 4.